The van der Waals surface area contributed by atoms with Gasteiger partial charge in [-0.2, -0.15) is 0 Å². The number of hydrogen-bond donors (Lipinski definition) is 1. The van der Waals surface area contributed by atoms with E-state index in [4.69, 9.17) is 11.6 Å². The first-order chi connectivity index (χ1) is 7.58. The molecule has 0 aromatic heterocycles. The summed E-state index contributed by atoms with van der Waals surface area (Å²) in [5.41, 5.74) is 1.10. The Hall–Kier alpha value is -0.570. The smallest absolute Gasteiger partial charge is 0.0543 e. The summed E-state index contributed by atoms with van der Waals surface area (Å²) in [6.07, 6.45) is 0. The zero-order valence-corrected chi connectivity index (χ0v) is 11.1. The maximum Gasteiger partial charge on any atom is 0.0543 e. The minimum absolute atomic E-state index is 0.140. The van der Waals surface area contributed by atoms with Crippen LogP contribution >= 0.6 is 11.6 Å². The summed E-state index contributed by atoms with van der Waals surface area (Å²) in [5, 5.41) is 3.52. The van der Waals surface area contributed by atoms with Crippen LogP contribution in [-0.4, -0.2) is 38.0 Å². The number of likely N-dealkylation sites (N-methyl/N-ethyl adjacent to an activating group) is 1. The van der Waals surface area contributed by atoms with Gasteiger partial charge in [0.25, 0.3) is 0 Å². The molecule has 0 fully saturated rings. The highest BCUT2D eigenvalue weighted by Gasteiger charge is 2.24. The van der Waals surface area contributed by atoms with Gasteiger partial charge in [-0.25, -0.2) is 0 Å². The fourth-order valence-electron chi connectivity index (χ4n) is 1.59. The monoisotopic (exact) mass is 240 g/mol. The Labute approximate surface area is 104 Å². The Morgan fingerprint density at radius 2 is 1.88 bits per heavy atom. The molecular formula is C13H21ClN2. The zero-order chi connectivity index (χ0) is 12.0. The van der Waals surface area contributed by atoms with Crippen LogP contribution in [0.4, 0.5) is 0 Å². The Morgan fingerprint density at radius 3 is 2.38 bits per heavy atom. The van der Waals surface area contributed by atoms with Crippen molar-refractivity contribution in [2.75, 3.05) is 33.1 Å². The predicted molar refractivity (Wildman–Crippen MR) is 71.1 cm³/mol. The van der Waals surface area contributed by atoms with Gasteiger partial charge in [-0.15, -0.1) is 11.6 Å². The molecule has 16 heavy (non-hydrogen) atoms. The van der Waals surface area contributed by atoms with Crippen molar-refractivity contribution in [3.63, 3.8) is 0 Å². The summed E-state index contributed by atoms with van der Waals surface area (Å²) in [6.45, 7) is 4.09. The van der Waals surface area contributed by atoms with Gasteiger partial charge in [-0.1, -0.05) is 30.3 Å². The summed E-state index contributed by atoms with van der Waals surface area (Å²) in [4.78, 5) is 2.16. The summed E-state index contributed by atoms with van der Waals surface area (Å²) in [6, 6.07) is 10.4. The van der Waals surface area contributed by atoms with Crippen molar-refractivity contribution in [3.8, 4) is 0 Å². The number of nitrogens with zero attached hydrogens (tertiary/aromatic N) is 1. The highest BCUT2D eigenvalue weighted by molar-refractivity contribution is 6.18. The van der Waals surface area contributed by atoms with Gasteiger partial charge in [0, 0.05) is 19.0 Å². The Balaban J connectivity index is 2.63. The van der Waals surface area contributed by atoms with E-state index in [1.165, 1.54) is 5.56 Å². The Morgan fingerprint density at radius 1 is 1.25 bits per heavy atom. The first-order valence-electron chi connectivity index (χ1n) is 5.60. The van der Waals surface area contributed by atoms with Gasteiger partial charge >= 0.3 is 0 Å². The van der Waals surface area contributed by atoms with Gasteiger partial charge in [-0.05, 0) is 26.6 Å². The van der Waals surface area contributed by atoms with E-state index in [-0.39, 0.29) is 5.54 Å². The third-order valence-electron chi connectivity index (χ3n) is 2.75. The minimum Gasteiger partial charge on any atom is -0.308 e. The SMILES string of the molecule is CN(C)CCNC(C)(CCl)c1ccccc1. The van der Waals surface area contributed by atoms with E-state index in [1.54, 1.807) is 0 Å². The van der Waals surface area contributed by atoms with Crippen molar-refractivity contribution < 1.29 is 0 Å². The number of hydrogen-bond acceptors (Lipinski definition) is 2. The fraction of sp³-hybridized carbons (Fsp3) is 0.538. The molecule has 2 nitrogen and oxygen atoms in total. The molecule has 0 radical (unpaired) electrons. The lowest BCUT2D eigenvalue weighted by Crippen LogP contribution is -2.44. The zero-order valence-electron chi connectivity index (χ0n) is 10.3. The number of alkyl halides is 1. The van der Waals surface area contributed by atoms with Gasteiger partial charge in [0.15, 0.2) is 0 Å². The van der Waals surface area contributed by atoms with Crippen molar-refractivity contribution >= 4 is 11.6 Å². The largest absolute Gasteiger partial charge is 0.308 e. The molecule has 0 spiro atoms. The Bertz CT molecular complexity index is 300. The maximum absolute atomic E-state index is 6.08. The molecule has 1 aromatic rings. The molecule has 0 amide bonds. The number of rotatable bonds is 6. The second kappa shape index (κ2) is 6.24. The van der Waals surface area contributed by atoms with Gasteiger partial charge < -0.3 is 10.2 Å². The summed E-state index contributed by atoms with van der Waals surface area (Å²) >= 11 is 6.08. The van der Waals surface area contributed by atoms with Crippen LogP contribution < -0.4 is 5.32 Å². The van der Waals surface area contributed by atoms with E-state index in [0.717, 1.165) is 13.1 Å². The molecule has 0 heterocycles. The summed E-state index contributed by atoms with van der Waals surface area (Å²) in [5.74, 6) is 0.574. The van der Waals surface area contributed by atoms with Gasteiger partial charge in [-0.3, -0.25) is 0 Å². The van der Waals surface area contributed by atoms with E-state index in [9.17, 15) is 0 Å². The third kappa shape index (κ3) is 3.78. The molecular weight excluding hydrogens is 220 g/mol. The van der Waals surface area contributed by atoms with E-state index in [0.29, 0.717) is 5.88 Å². The van der Waals surface area contributed by atoms with E-state index >= 15 is 0 Å². The van der Waals surface area contributed by atoms with E-state index in [1.807, 2.05) is 18.2 Å². The molecule has 1 aromatic carbocycles. The topological polar surface area (TPSA) is 15.3 Å². The predicted octanol–water partition coefficient (Wildman–Crippen LogP) is 2.29. The average Bonchev–Trinajstić information content (AvgIpc) is 2.29. The normalized spacial score (nSPS) is 15.1. The van der Waals surface area contributed by atoms with Crippen molar-refractivity contribution in [2.45, 2.75) is 12.5 Å². The molecule has 1 N–H and O–H groups in total. The summed E-state index contributed by atoms with van der Waals surface area (Å²) in [7, 11) is 4.14. The number of benzene rings is 1. The molecule has 1 atom stereocenters. The van der Waals surface area contributed by atoms with Crippen LogP contribution in [-0.2, 0) is 5.54 Å². The van der Waals surface area contributed by atoms with Crippen LogP contribution in [0.2, 0.25) is 0 Å². The van der Waals surface area contributed by atoms with Crippen LogP contribution in [0.15, 0.2) is 30.3 Å². The second-order valence-electron chi connectivity index (χ2n) is 4.56. The second-order valence-corrected chi connectivity index (χ2v) is 4.83. The van der Waals surface area contributed by atoms with Gasteiger partial charge in [0.2, 0.25) is 0 Å². The highest BCUT2D eigenvalue weighted by Crippen LogP contribution is 2.21. The molecule has 3 heteroatoms. The lowest BCUT2D eigenvalue weighted by atomic mass is 9.94. The molecule has 0 saturated heterocycles. The van der Waals surface area contributed by atoms with Crippen molar-refractivity contribution in [1.29, 1.82) is 0 Å². The standard InChI is InChI=1S/C13H21ClN2/c1-13(11-14,15-9-10-16(2)3)12-7-5-4-6-8-12/h4-8,15H,9-11H2,1-3H3. The van der Waals surface area contributed by atoms with E-state index in [2.05, 4.69) is 43.4 Å². The average molecular weight is 241 g/mol. The molecule has 0 saturated carbocycles. The van der Waals surface area contributed by atoms with Crippen LogP contribution in [0, 0.1) is 0 Å². The minimum atomic E-state index is -0.140. The van der Waals surface area contributed by atoms with Crippen molar-refractivity contribution in [1.82, 2.24) is 10.2 Å². The van der Waals surface area contributed by atoms with Crippen molar-refractivity contribution in [3.05, 3.63) is 35.9 Å². The van der Waals surface area contributed by atoms with E-state index < -0.39 is 0 Å². The first kappa shape index (κ1) is 13.5. The highest BCUT2D eigenvalue weighted by atomic mass is 35.5. The van der Waals surface area contributed by atoms with Crippen LogP contribution in [0.1, 0.15) is 12.5 Å². The molecule has 0 aliphatic carbocycles. The lowest BCUT2D eigenvalue weighted by molar-refractivity contribution is 0.346. The van der Waals surface area contributed by atoms with Crippen LogP contribution in [0.3, 0.4) is 0 Å². The molecule has 0 aliphatic heterocycles. The fourth-order valence-corrected chi connectivity index (χ4v) is 1.84. The molecule has 0 bridgehead atoms. The molecule has 90 valence electrons. The lowest BCUT2D eigenvalue weighted by Gasteiger charge is -2.30. The quantitative estimate of drug-likeness (QED) is 0.768. The summed E-state index contributed by atoms with van der Waals surface area (Å²) < 4.78 is 0. The van der Waals surface area contributed by atoms with Crippen molar-refractivity contribution in [2.24, 2.45) is 0 Å². The van der Waals surface area contributed by atoms with Gasteiger partial charge in [0.05, 0.1) is 5.54 Å². The first-order valence-corrected chi connectivity index (χ1v) is 6.13. The van der Waals surface area contributed by atoms with Crippen LogP contribution in [0.25, 0.3) is 0 Å². The Kier molecular flexibility index (Phi) is 5.26. The maximum atomic E-state index is 6.08. The molecule has 1 rings (SSSR count). The number of nitrogens with one attached hydrogen (secondary N) is 1. The third-order valence-corrected chi connectivity index (χ3v) is 3.29. The molecule has 1 unspecified atom stereocenters. The number of halogens is 1. The molecule has 0 aliphatic rings. The van der Waals surface area contributed by atoms with Gasteiger partial charge in [0.1, 0.15) is 0 Å². The van der Waals surface area contributed by atoms with Crippen LogP contribution in [0.5, 0.6) is 0 Å².